The molecule has 7 heteroatoms. The highest BCUT2D eigenvalue weighted by molar-refractivity contribution is 7.80. The van der Waals surface area contributed by atoms with E-state index in [2.05, 4.69) is 5.32 Å². The van der Waals surface area contributed by atoms with Crippen molar-refractivity contribution in [1.29, 1.82) is 0 Å². The average Bonchev–Trinajstić information content (AvgIpc) is 2.51. The largest absolute Gasteiger partial charge is 0.493 e. The van der Waals surface area contributed by atoms with E-state index >= 15 is 0 Å². The van der Waals surface area contributed by atoms with E-state index in [0.29, 0.717) is 23.6 Å². The number of nitrogens with one attached hydrogen (secondary N) is 1. The van der Waals surface area contributed by atoms with E-state index in [0.717, 1.165) is 0 Å². The maximum absolute atomic E-state index is 12.4. The third-order valence-corrected chi connectivity index (χ3v) is 3.56. The molecule has 0 bridgehead atoms. The highest BCUT2D eigenvalue weighted by atomic mass is 32.1. The summed E-state index contributed by atoms with van der Waals surface area (Å²) in [5, 5.41) is 2.62. The van der Waals surface area contributed by atoms with Crippen LogP contribution in [0.1, 0.15) is 12.5 Å². The summed E-state index contributed by atoms with van der Waals surface area (Å²) in [5.41, 5.74) is 0.575. The summed E-state index contributed by atoms with van der Waals surface area (Å²) in [7, 11) is 3.01. The molecular weight excluding hydrogens is 304 g/mol. The molecule has 1 aromatic rings. The van der Waals surface area contributed by atoms with E-state index in [1.54, 1.807) is 25.1 Å². The molecule has 1 saturated heterocycles. The molecule has 0 radical (unpaired) electrons. The third-order valence-electron chi connectivity index (χ3n) is 3.24. The Morgan fingerprint density at radius 2 is 2.00 bits per heavy atom. The van der Waals surface area contributed by atoms with Crippen molar-refractivity contribution in [2.45, 2.75) is 6.92 Å². The maximum Gasteiger partial charge on any atom is 0.265 e. The number of amides is 2. The second-order valence-electron chi connectivity index (χ2n) is 4.45. The Labute approximate surface area is 133 Å². The molecule has 0 aromatic heterocycles. The molecule has 116 valence electrons. The number of methoxy groups -OCH3 is 2. The van der Waals surface area contributed by atoms with Crippen molar-refractivity contribution < 1.29 is 19.1 Å². The van der Waals surface area contributed by atoms with Crippen LogP contribution < -0.4 is 14.8 Å². The van der Waals surface area contributed by atoms with Crippen molar-refractivity contribution >= 4 is 35.2 Å². The van der Waals surface area contributed by atoms with Crippen LogP contribution in [-0.4, -0.2) is 42.6 Å². The van der Waals surface area contributed by atoms with Crippen molar-refractivity contribution in [1.82, 2.24) is 10.2 Å². The molecule has 0 saturated carbocycles. The molecular formula is C15H16N2O4S. The molecule has 0 atom stereocenters. The monoisotopic (exact) mass is 320 g/mol. The zero-order valence-corrected chi connectivity index (χ0v) is 13.3. The Bertz CT molecular complexity index is 670. The predicted octanol–water partition coefficient (Wildman–Crippen LogP) is 1.35. The van der Waals surface area contributed by atoms with Crippen molar-refractivity contribution in [2.75, 3.05) is 20.8 Å². The molecule has 2 amide bonds. The van der Waals surface area contributed by atoms with Gasteiger partial charge < -0.3 is 9.47 Å². The molecule has 6 nitrogen and oxygen atoms in total. The first-order valence-electron chi connectivity index (χ1n) is 6.63. The lowest BCUT2D eigenvalue weighted by molar-refractivity contribution is -0.128. The lowest BCUT2D eigenvalue weighted by Crippen LogP contribution is -2.53. The van der Waals surface area contributed by atoms with Gasteiger partial charge in [-0.3, -0.25) is 19.8 Å². The van der Waals surface area contributed by atoms with E-state index in [1.807, 2.05) is 0 Å². The fourth-order valence-corrected chi connectivity index (χ4v) is 2.47. The Hall–Kier alpha value is -2.41. The molecule has 1 aromatic carbocycles. The van der Waals surface area contributed by atoms with Crippen LogP contribution >= 0.6 is 12.2 Å². The number of para-hydroxylation sites is 1. The Kier molecular flexibility index (Phi) is 4.77. The van der Waals surface area contributed by atoms with Crippen LogP contribution in [0.2, 0.25) is 0 Å². The van der Waals surface area contributed by atoms with E-state index in [4.69, 9.17) is 21.7 Å². The summed E-state index contributed by atoms with van der Waals surface area (Å²) < 4.78 is 10.5. The van der Waals surface area contributed by atoms with Crippen LogP contribution in [0.25, 0.3) is 6.08 Å². The number of benzene rings is 1. The number of rotatable bonds is 4. The van der Waals surface area contributed by atoms with Crippen molar-refractivity contribution in [3.63, 3.8) is 0 Å². The normalized spacial score (nSPS) is 16.8. The molecule has 1 N–H and O–H groups in total. The van der Waals surface area contributed by atoms with Gasteiger partial charge in [0.25, 0.3) is 11.8 Å². The topological polar surface area (TPSA) is 67.9 Å². The van der Waals surface area contributed by atoms with Gasteiger partial charge in [-0.2, -0.15) is 0 Å². The first-order valence-corrected chi connectivity index (χ1v) is 7.04. The van der Waals surface area contributed by atoms with Gasteiger partial charge in [-0.1, -0.05) is 12.1 Å². The molecule has 1 heterocycles. The lowest BCUT2D eigenvalue weighted by atomic mass is 10.1. The number of ether oxygens (including phenoxy) is 2. The van der Waals surface area contributed by atoms with E-state index in [-0.39, 0.29) is 10.7 Å². The highest BCUT2D eigenvalue weighted by Crippen LogP contribution is 2.32. The van der Waals surface area contributed by atoms with Gasteiger partial charge in [0.1, 0.15) is 5.57 Å². The number of likely N-dealkylation sites (N-methyl/N-ethyl adjacent to an activating group) is 1. The molecule has 0 spiro atoms. The fourth-order valence-electron chi connectivity index (χ4n) is 2.16. The summed E-state index contributed by atoms with van der Waals surface area (Å²) in [4.78, 5) is 25.8. The molecule has 0 aliphatic carbocycles. The maximum atomic E-state index is 12.4. The Morgan fingerprint density at radius 3 is 2.59 bits per heavy atom. The minimum absolute atomic E-state index is 0.00185. The molecule has 1 aliphatic heterocycles. The number of carbonyl (C=O) groups excluding carboxylic acids is 2. The SMILES string of the molecule is CCN1C(=O)C(=Cc2cccc(OC)c2OC)C(=O)NC1=S. The van der Waals surface area contributed by atoms with Crippen LogP contribution in [0.15, 0.2) is 23.8 Å². The second kappa shape index (κ2) is 6.57. The van der Waals surface area contributed by atoms with Crippen molar-refractivity contribution in [2.24, 2.45) is 0 Å². The lowest BCUT2D eigenvalue weighted by Gasteiger charge is -2.27. The minimum Gasteiger partial charge on any atom is -0.493 e. The van der Waals surface area contributed by atoms with E-state index < -0.39 is 11.8 Å². The van der Waals surface area contributed by atoms with Crippen LogP contribution in [0.5, 0.6) is 11.5 Å². The molecule has 1 fully saturated rings. The summed E-state index contributed by atoms with van der Waals surface area (Å²) in [5.74, 6) is 0.0170. The molecule has 2 rings (SSSR count). The number of thiocarbonyl (C=S) groups is 1. The van der Waals surface area contributed by atoms with E-state index in [1.165, 1.54) is 25.2 Å². The van der Waals surface area contributed by atoms with Gasteiger partial charge >= 0.3 is 0 Å². The third kappa shape index (κ3) is 2.80. The van der Waals surface area contributed by atoms with Gasteiger partial charge in [-0.15, -0.1) is 0 Å². The number of hydrogen-bond donors (Lipinski definition) is 1. The summed E-state index contributed by atoms with van der Waals surface area (Å²) in [6.45, 7) is 2.16. The zero-order chi connectivity index (χ0) is 16.3. The predicted molar refractivity (Wildman–Crippen MR) is 85.7 cm³/mol. The van der Waals surface area contributed by atoms with Crippen LogP contribution in [0.4, 0.5) is 0 Å². The first-order chi connectivity index (χ1) is 10.5. The Balaban J connectivity index is 2.50. The van der Waals surface area contributed by atoms with Gasteiger partial charge in [0, 0.05) is 12.1 Å². The van der Waals surface area contributed by atoms with Gasteiger partial charge in [0.15, 0.2) is 16.6 Å². The minimum atomic E-state index is -0.524. The van der Waals surface area contributed by atoms with Gasteiger partial charge in [-0.05, 0) is 31.3 Å². The smallest absolute Gasteiger partial charge is 0.265 e. The van der Waals surface area contributed by atoms with Gasteiger partial charge in [0.2, 0.25) is 0 Å². The van der Waals surface area contributed by atoms with E-state index in [9.17, 15) is 9.59 Å². The quantitative estimate of drug-likeness (QED) is 0.515. The summed E-state index contributed by atoms with van der Waals surface area (Å²) in [6, 6.07) is 5.22. The Morgan fingerprint density at radius 1 is 1.27 bits per heavy atom. The van der Waals surface area contributed by atoms with Crippen molar-refractivity contribution in [3.05, 3.63) is 29.3 Å². The second-order valence-corrected chi connectivity index (χ2v) is 4.84. The van der Waals surface area contributed by atoms with Gasteiger partial charge in [0.05, 0.1) is 14.2 Å². The first kappa shape index (κ1) is 16.0. The summed E-state index contributed by atoms with van der Waals surface area (Å²) >= 11 is 4.99. The number of nitrogens with zero attached hydrogens (tertiary/aromatic N) is 1. The van der Waals surface area contributed by atoms with Crippen LogP contribution in [-0.2, 0) is 9.59 Å². The number of carbonyl (C=O) groups is 2. The fraction of sp³-hybridized carbons (Fsp3) is 0.267. The summed E-state index contributed by atoms with van der Waals surface area (Å²) in [6.07, 6.45) is 1.48. The van der Waals surface area contributed by atoms with Gasteiger partial charge in [-0.25, -0.2) is 0 Å². The van der Waals surface area contributed by atoms with Crippen LogP contribution in [0, 0.1) is 0 Å². The van der Waals surface area contributed by atoms with Crippen molar-refractivity contribution in [3.8, 4) is 11.5 Å². The molecule has 22 heavy (non-hydrogen) atoms. The average molecular weight is 320 g/mol. The number of hydrogen-bond acceptors (Lipinski definition) is 5. The highest BCUT2D eigenvalue weighted by Gasteiger charge is 2.32. The molecule has 0 unspecified atom stereocenters. The standard InChI is InChI=1S/C15H16N2O4S/c1-4-17-14(19)10(13(18)16-15(17)22)8-9-6-5-7-11(20-2)12(9)21-3/h5-8H,4H2,1-3H3,(H,16,18,22). The molecule has 1 aliphatic rings. The zero-order valence-electron chi connectivity index (χ0n) is 12.5. The van der Waals surface area contributed by atoms with Crippen LogP contribution in [0.3, 0.4) is 0 Å².